The Morgan fingerprint density at radius 2 is 1.63 bits per heavy atom. The zero-order valence-corrected chi connectivity index (χ0v) is 12.6. The zero-order valence-electron chi connectivity index (χ0n) is 12.6. The fourth-order valence-electron chi connectivity index (χ4n) is 1.69. The molecule has 19 heavy (non-hydrogen) atoms. The van der Waals surface area contributed by atoms with E-state index >= 15 is 0 Å². The topological polar surface area (TPSA) is 52.6 Å². The number of ether oxygens (including phenoxy) is 2. The smallest absolute Gasteiger partial charge is 0.306 e. The highest BCUT2D eigenvalue weighted by Crippen LogP contribution is 2.08. The molecule has 1 unspecified atom stereocenters. The summed E-state index contributed by atoms with van der Waals surface area (Å²) in [5.74, 6) is -0.446. The first-order valence-corrected chi connectivity index (χ1v) is 7.45. The minimum Gasteiger partial charge on any atom is -0.466 e. The Hall–Kier alpha value is -1.06. The minimum atomic E-state index is -0.231. The second kappa shape index (κ2) is 12.0. The monoisotopic (exact) mass is 272 g/mol. The van der Waals surface area contributed by atoms with Crippen LogP contribution in [0.1, 0.15) is 72.1 Å². The van der Waals surface area contributed by atoms with Gasteiger partial charge in [-0.1, -0.05) is 26.7 Å². The Morgan fingerprint density at radius 1 is 0.947 bits per heavy atom. The third kappa shape index (κ3) is 11.7. The predicted octanol–water partition coefficient (Wildman–Crippen LogP) is 3.62. The predicted molar refractivity (Wildman–Crippen MR) is 74.8 cm³/mol. The van der Waals surface area contributed by atoms with E-state index in [-0.39, 0.29) is 18.0 Å². The SMILES string of the molecule is CCCCCC(C)OC(=O)CCCC(=O)OCCC. The molecule has 0 amide bonds. The lowest BCUT2D eigenvalue weighted by Crippen LogP contribution is -2.15. The number of hydrogen-bond acceptors (Lipinski definition) is 4. The van der Waals surface area contributed by atoms with Crippen LogP contribution >= 0.6 is 0 Å². The molecule has 0 saturated heterocycles. The summed E-state index contributed by atoms with van der Waals surface area (Å²) in [4.78, 5) is 22.7. The van der Waals surface area contributed by atoms with Gasteiger partial charge in [-0.2, -0.15) is 0 Å². The fourth-order valence-corrected chi connectivity index (χ4v) is 1.69. The van der Waals surface area contributed by atoms with Gasteiger partial charge in [0.2, 0.25) is 0 Å². The normalized spacial score (nSPS) is 11.9. The quantitative estimate of drug-likeness (QED) is 0.426. The van der Waals surface area contributed by atoms with Gasteiger partial charge in [0.25, 0.3) is 0 Å². The van der Waals surface area contributed by atoms with Crippen LogP contribution in [0.2, 0.25) is 0 Å². The second-order valence-corrected chi connectivity index (χ2v) is 4.87. The van der Waals surface area contributed by atoms with Gasteiger partial charge in [-0.25, -0.2) is 0 Å². The van der Waals surface area contributed by atoms with Gasteiger partial charge in [0.05, 0.1) is 12.7 Å². The first-order chi connectivity index (χ1) is 9.10. The van der Waals surface area contributed by atoms with Crippen molar-refractivity contribution >= 4 is 11.9 Å². The third-order valence-corrected chi connectivity index (χ3v) is 2.78. The van der Waals surface area contributed by atoms with Gasteiger partial charge < -0.3 is 9.47 Å². The van der Waals surface area contributed by atoms with E-state index in [1.165, 1.54) is 12.8 Å². The maximum atomic E-state index is 11.5. The van der Waals surface area contributed by atoms with Gasteiger partial charge in [-0.15, -0.1) is 0 Å². The summed E-state index contributed by atoms with van der Waals surface area (Å²) in [5.41, 5.74) is 0. The highest BCUT2D eigenvalue weighted by molar-refractivity contribution is 5.72. The van der Waals surface area contributed by atoms with E-state index in [1.54, 1.807) is 0 Å². The number of hydrogen-bond donors (Lipinski definition) is 0. The summed E-state index contributed by atoms with van der Waals surface area (Å²) in [7, 11) is 0. The summed E-state index contributed by atoms with van der Waals surface area (Å²) in [6.45, 7) is 6.47. The van der Waals surface area contributed by atoms with Crippen molar-refractivity contribution in [1.82, 2.24) is 0 Å². The molecule has 0 saturated carbocycles. The minimum absolute atomic E-state index is 0.0221. The Morgan fingerprint density at radius 3 is 2.26 bits per heavy atom. The molecule has 0 heterocycles. The number of rotatable bonds is 11. The first-order valence-electron chi connectivity index (χ1n) is 7.45. The van der Waals surface area contributed by atoms with E-state index in [1.807, 2.05) is 13.8 Å². The van der Waals surface area contributed by atoms with Gasteiger partial charge in [0.1, 0.15) is 0 Å². The largest absolute Gasteiger partial charge is 0.466 e. The van der Waals surface area contributed by atoms with E-state index in [9.17, 15) is 9.59 Å². The summed E-state index contributed by atoms with van der Waals surface area (Å²) < 4.78 is 10.2. The first kappa shape index (κ1) is 17.9. The van der Waals surface area contributed by atoms with Crippen LogP contribution in [0, 0.1) is 0 Å². The van der Waals surface area contributed by atoms with Crippen LogP contribution in [-0.4, -0.2) is 24.6 Å². The number of esters is 2. The molecule has 0 radical (unpaired) electrons. The molecule has 0 aromatic heterocycles. The molecule has 0 fully saturated rings. The number of carbonyl (C=O) groups is 2. The van der Waals surface area contributed by atoms with Crippen molar-refractivity contribution in [1.29, 1.82) is 0 Å². The van der Waals surface area contributed by atoms with E-state index < -0.39 is 0 Å². The molecule has 0 aliphatic rings. The van der Waals surface area contributed by atoms with Crippen molar-refractivity contribution in [3.63, 3.8) is 0 Å². The van der Waals surface area contributed by atoms with Crippen LogP contribution in [0.5, 0.6) is 0 Å². The molecule has 0 aromatic rings. The lowest BCUT2D eigenvalue weighted by Gasteiger charge is -2.12. The molecule has 4 heteroatoms. The molecule has 0 N–H and O–H groups in total. The molecule has 0 spiro atoms. The van der Waals surface area contributed by atoms with E-state index in [2.05, 4.69) is 6.92 Å². The molecule has 112 valence electrons. The van der Waals surface area contributed by atoms with Crippen molar-refractivity contribution in [2.45, 2.75) is 78.2 Å². The van der Waals surface area contributed by atoms with Gasteiger partial charge in [0, 0.05) is 12.8 Å². The van der Waals surface area contributed by atoms with Crippen LogP contribution in [0.25, 0.3) is 0 Å². The third-order valence-electron chi connectivity index (χ3n) is 2.78. The van der Waals surface area contributed by atoms with Crippen molar-refractivity contribution in [2.75, 3.05) is 6.61 Å². The lowest BCUT2D eigenvalue weighted by molar-refractivity contribution is -0.149. The molecular formula is C15H28O4. The molecule has 4 nitrogen and oxygen atoms in total. The molecule has 1 atom stereocenters. The Kier molecular flexibility index (Phi) is 11.3. The number of unbranched alkanes of at least 4 members (excludes halogenated alkanes) is 2. The molecule has 0 aromatic carbocycles. The van der Waals surface area contributed by atoms with Crippen LogP contribution in [0.15, 0.2) is 0 Å². The Labute approximate surface area is 116 Å². The van der Waals surface area contributed by atoms with Gasteiger partial charge >= 0.3 is 11.9 Å². The van der Waals surface area contributed by atoms with Crippen LogP contribution in [0.3, 0.4) is 0 Å². The van der Waals surface area contributed by atoms with Crippen molar-refractivity contribution < 1.29 is 19.1 Å². The highest BCUT2D eigenvalue weighted by atomic mass is 16.5. The molecule has 0 aliphatic heterocycles. The van der Waals surface area contributed by atoms with Crippen molar-refractivity contribution in [3.05, 3.63) is 0 Å². The average molecular weight is 272 g/mol. The summed E-state index contributed by atoms with van der Waals surface area (Å²) in [6.07, 6.45) is 6.23. The van der Waals surface area contributed by atoms with E-state index in [4.69, 9.17) is 9.47 Å². The Balaban J connectivity index is 3.55. The standard InChI is InChI=1S/C15H28O4/c1-4-6-7-9-13(3)19-15(17)11-8-10-14(16)18-12-5-2/h13H,4-12H2,1-3H3. The molecule has 0 rings (SSSR count). The van der Waals surface area contributed by atoms with Crippen LogP contribution in [0.4, 0.5) is 0 Å². The van der Waals surface area contributed by atoms with Gasteiger partial charge in [-0.05, 0) is 32.6 Å². The van der Waals surface area contributed by atoms with Gasteiger partial charge in [-0.3, -0.25) is 9.59 Å². The van der Waals surface area contributed by atoms with Crippen molar-refractivity contribution in [2.24, 2.45) is 0 Å². The zero-order chi connectivity index (χ0) is 14.5. The summed E-state index contributed by atoms with van der Waals surface area (Å²) >= 11 is 0. The fraction of sp³-hybridized carbons (Fsp3) is 0.867. The van der Waals surface area contributed by atoms with Gasteiger partial charge in [0.15, 0.2) is 0 Å². The van der Waals surface area contributed by atoms with E-state index in [0.29, 0.717) is 25.9 Å². The molecule has 0 bridgehead atoms. The molecule has 0 aliphatic carbocycles. The van der Waals surface area contributed by atoms with Crippen LogP contribution in [-0.2, 0) is 19.1 Å². The van der Waals surface area contributed by atoms with E-state index in [0.717, 1.165) is 19.3 Å². The second-order valence-electron chi connectivity index (χ2n) is 4.87. The summed E-state index contributed by atoms with van der Waals surface area (Å²) in [5, 5.41) is 0. The summed E-state index contributed by atoms with van der Waals surface area (Å²) in [6, 6.07) is 0. The average Bonchev–Trinajstić information content (AvgIpc) is 2.36. The highest BCUT2D eigenvalue weighted by Gasteiger charge is 2.10. The molecular weight excluding hydrogens is 244 g/mol. The van der Waals surface area contributed by atoms with Crippen molar-refractivity contribution in [3.8, 4) is 0 Å². The lowest BCUT2D eigenvalue weighted by atomic mass is 10.1. The number of carbonyl (C=O) groups excluding carboxylic acids is 2. The maximum Gasteiger partial charge on any atom is 0.306 e. The Bertz CT molecular complexity index is 251. The maximum absolute atomic E-state index is 11.5. The van der Waals surface area contributed by atoms with Crippen LogP contribution < -0.4 is 0 Å².